The van der Waals surface area contributed by atoms with Gasteiger partial charge in [0.15, 0.2) is 17.3 Å². The quantitative estimate of drug-likeness (QED) is 0.627. The van der Waals surface area contributed by atoms with Crippen LogP contribution in [-0.4, -0.2) is 30.4 Å². The number of alkyl halides is 2. The maximum Gasteiger partial charge on any atom is 0.586 e. The number of aromatic nitrogens is 1. The average Bonchev–Trinajstić information content (AvgIpc) is 3.38. The van der Waals surface area contributed by atoms with E-state index in [1.807, 2.05) is 0 Å². The highest BCUT2D eigenvalue weighted by molar-refractivity contribution is 5.94. The van der Waals surface area contributed by atoms with Crippen LogP contribution in [0.2, 0.25) is 0 Å². The average molecular weight is 393 g/mol. The molecular weight excluding hydrogens is 372 g/mol. The monoisotopic (exact) mass is 393 g/mol. The normalized spacial score (nSPS) is 19.9. The van der Waals surface area contributed by atoms with Crippen molar-refractivity contribution in [2.45, 2.75) is 44.8 Å². The van der Waals surface area contributed by atoms with E-state index in [4.69, 9.17) is 9.26 Å². The molecule has 0 spiro atoms. The number of fused-ring (bicyclic) bond motifs is 1. The molecule has 2 aliphatic rings. The molecule has 0 amide bonds. The van der Waals surface area contributed by atoms with Crippen LogP contribution in [0.15, 0.2) is 28.8 Å². The summed E-state index contributed by atoms with van der Waals surface area (Å²) in [5, 5.41) is 3.87. The second-order valence-electron chi connectivity index (χ2n) is 7.17. The van der Waals surface area contributed by atoms with E-state index in [-0.39, 0.29) is 17.3 Å². The van der Waals surface area contributed by atoms with Crippen molar-refractivity contribution in [1.82, 2.24) is 5.16 Å². The third-order valence-corrected chi connectivity index (χ3v) is 5.00. The Morgan fingerprint density at radius 3 is 2.86 bits per heavy atom. The lowest BCUT2D eigenvalue weighted by Crippen LogP contribution is -2.25. The first kappa shape index (κ1) is 18.9. The molecule has 2 aromatic rings. The van der Waals surface area contributed by atoms with Gasteiger partial charge in [0.2, 0.25) is 0 Å². The van der Waals surface area contributed by atoms with E-state index in [9.17, 15) is 13.6 Å². The Bertz CT molecular complexity index is 845. The Hall–Kier alpha value is -2.48. The molecule has 8 heteroatoms. The van der Waals surface area contributed by atoms with Gasteiger partial charge < -0.3 is 18.7 Å². The predicted octanol–water partition coefficient (Wildman–Crippen LogP) is 4.17. The SMILES string of the molecule is O=C(CCC1CCOC1)c1cc(CCCc2ccc3c(c2)OC(F)(F)O3)on1. The van der Waals surface area contributed by atoms with Crippen LogP contribution in [0.4, 0.5) is 8.78 Å². The number of nitrogens with zero attached hydrogens (tertiary/aromatic N) is 1. The fraction of sp³-hybridized carbons (Fsp3) is 0.500. The van der Waals surface area contributed by atoms with Crippen molar-refractivity contribution in [2.24, 2.45) is 5.92 Å². The van der Waals surface area contributed by atoms with Gasteiger partial charge in [-0.1, -0.05) is 11.2 Å². The molecule has 1 aromatic heterocycles. The van der Waals surface area contributed by atoms with Gasteiger partial charge in [-0.3, -0.25) is 4.79 Å². The molecule has 28 heavy (non-hydrogen) atoms. The summed E-state index contributed by atoms with van der Waals surface area (Å²) in [5.41, 5.74) is 1.22. The molecular formula is C20H21F2NO5. The van der Waals surface area contributed by atoms with Gasteiger partial charge in [0.1, 0.15) is 11.5 Å². The number of rotatable bonds is 8. The molecule has 3 heterocycles. The number of halogens is 2. The zero-order chi connectivity index (χ0) is 19.6. The predicted molar refractivity (Wildman–Crippen MR) is 93.7 cm³/mol. The summed E-state index contributed by atoms with van der Waals surface area (Å²) in [5.74, 6) is 1.16. The zero-order valence-corrected chi connectivity index (χ0v) is 15.3. The molecule has 6 nitrogen and oxygen atoms in total. The van der Waals surface area contributed by atoms with E-state index in [0.29, 0.717) is 36.6 Å². The Morgan fingerprint density at radius 1 is 1.18 bits per heavy atom. The van der Waals surface area contributed by atoms with Crippen molar-refractivity contribution in [2.75, 3.05) is 13.2 Å². The molecule has 1 aromatic carbocycles. The molecule has 2 aliphatic heterocycles. The number of hydrogen-bond acceptors (Lipinski definition) is 6. The molecule has 0 aliphatic carbocycles. The largest absolute Gasteiger partial charge is 0.586 e. The molecule has 1 unspecified atom stereocenters. The van der Waals surface area contributed by atoms with Gasteiger partial charge in [0, 0.05) is 32.1 Å². The summed E-state index contributed by atoms with van der Waals surface area (Å²) >= 11 is 0. The number of ketones is 1. The van der Waals surface area contributed by atoms with Gasteiger partial charge in [-0.25, -0.2) is 0 Å². The van der Waals surface area contributed by atoms with Crippen molar-refractivity contribution in [1.29, 1.82) is 0 Å². The lowest BCUT2D eigenvalue weighted by molar-refractivity contribution is -0.286. The molecule has 1 saturated heterocycles. The maximum absolute atomic E-state index is 13.1. The van der Waals surface area contributed by atoms with Crippen LogP contribution in [-0.2, 0) is 17.6 Å². The second kappa shape index (κ2) is 7.87. The first-order valence-electron chi connectivity index (χ1n) is 9.44. The fourth-order valence-corrected chi connectivity index (χ4v) is 3.45. The number of Topliss-reactive ketones (excluding diaryl/α,β-unsaturated/α-hetero) is 1. The Balaban J connectivity index is 1.24. The number of hydrogen-bond donors (Lipinski definition) is 0. The van der Waals surface area contributed by atoms with Crippen molar-refractivity contribution in [3.63, 3.8) is 0 Å². The van der Waals surface area contributed by atoms with E-state index >= 15 is 0 Å². The van der Waals surface area contributed by atoms with E-state index in [1.54, 1.807) is 18.2 Å². The van der Waals surface area contributed by atoms with Crippen LogP contribution >= 0.6 is 0 Å². The standard InChI is InChI=1S/C20H21F2NO5/c21-20(22)26-18-7-5-13(10-19(18)27-20)2-1-3-15-11-16(23-28-15)17(24)6-4-14-8-9-25-12-14/h5,7,10-11,14H,1-4,6,8-9,12H2. The van der Waals surface area contributed by atoms with Crippen LogP contribution in [0.3, 0.4) is 0 Å². The summed E-state index contributed by atoms with van der Waals surface area (Å²) in [7, 11) is 0. The van der Waals surface area contributed by atoms with E-state index in [2.05, 4.69) is 14.6 Å². The Labute approximate surface area is 160 Å². The molecule has 0 N–H and O–H groups in total. The summed E-state index contributed by atoms with van der Waals surface area (Å²) in [4.78, 5) is 12.2. The topological polar surface area (TPSA) is 70.8 Å². The van der Waals surface area contributed by atoms with Gasteiger partial charge in [0.05, 0.1) is 0 Å². The van der Waals surface area contributed by atoms with Gasteiger partial charge in [-0.15, -0.1) is 8.78 Å². The smallest absolute Gasteiger partial charge is 0.395 e. The number of carbonyl (C=O) groups excluding carboxylic acids is 1. The van der Waals surface area contributed by atoms with Crippen molar-refractivity contribution in [3.05, 3.63) is 41.3 Å². The minimum atomic E-state index is -3.60. The minimum absolute atomic E-state index is 0.0152. The van der Waals surface area contributed by atoms with Crippen molar-refractivity contribution >= 4 is 5.78 Å². The molecule has 150 valence electrons. The first-order valence-corrected chi connectivity index (χ1v) is 9.44. The molecule has 1 atom stereocenters. The van der Waals surface area contributed by atoms with E-state index in [1.165, 1.54) is 6.07 Å². The van der Waals surface area contributed by atoms with Gasteiger partial charge in [0.25, 0.3) is 0 Å². The Morgan fingerprint density at radius 2 is 2.04 bits per heavy atom. The van der Waals surface area contributed by atoms with E-state index in [0.717, 1.165) is 38.0 Å². The molecule has 0 saturated carbocycles. The third-order valence-electron chi connectivity index (χ3n) is 5.00. The zero-order valence-electron chi connectivity index (χ0n) is 15.3. The lowest BCUT2D eigenvalue weighted by Gasteiger charge is -2.04. The van der Waals surface area contributed by atoms with Crippen LogP contribution < -0.4 is 9.47 Å². The van der Waals surface area contributed by atoms with Crippen molar-refractivity contribution in [3.8, 4) is 11.5 Å². The molecule has 0 radical (unpaired) electrons. The summed E-state index contributed by atoms with van der Waals surface area (Å²) in [6.45, 7) is 1.51. The highest BCUT2D eigenvalue weighted by atomic mass is 19.3. The van der Waals surface area contributed by atoms with Crippen LogP contribution in [0, 0.1) is 5.92 Å². The minimum Gasteiger partial charge on any atom is -0.395 e. The van der Waals surface area contributed by atoms with E-state index < -0.39 is 6.29 Å². The second-order valence-corrected chi connectivity index (χ2v) is 7.17. The molecule has 0 bridgehead atoms. The fourth-order valence-electron chi connectivity index (χ4n) is 3.45. The van der Waals surface area contributed by atoms with Gasteiger partial charge in [-0.05, 0) is 49.3 Å². The summed E-state index contributed by atoms with van der Waals surface area (Å²) in [6, 6.07) is 6.45. The third kappa shape index (κ3) is 4.49. The number of ether oxygens (including phenoxy) is 3. The van der Waals surface area contributed by atoms with Crippen LogP contribution in [0.25, 0.3) is 0 Å². The lowest BCUT2D eigenvalue weighted by atomic mass is 10.00. The molecule has 4 rings (SSSR count). The highest BCUT2D eigenvalue weighted by Gasteiger charge is 2.43. The van der Waals surface area contributed by atoms with Gasteiger partial charge >= 0.3 is 6.29 Å². The summed E-state index contributed by atoms with van der Waals surface area (Å²) in [6.07, 6.45) is 0.628. The number of benzene rings is 1. The summed E-state index contributed by atoms with van der Waals surface area (Å²) < 4.78 is 45.5. The molecule has 1 fully saturated rings. The Kier molecular flexibility index (Phi) is 5.30. The number of carbonyl (C=O) groups is 1. The van der Waals surface area contributed by atoms with Crippen LogP contribution in [0.1, 0.15) is 47.5 Å². The first-order chi connectivity index (χ1) is 13.5. The van der Waals surface area contributed by atoms with Crippen LogP contribution in [0.5, 0.6) is 11.5 Å². The van der Waals surface area contributed by atoms with Crippen molar-refractivity contribution < 1.29 is 32.3 Å². The maximum atomic E-state index is 13.1. The highest BCUT2D eigenvalue weighted by Crippen LogP contribution is 2.41. The van der Waals surface area contributed by atoms with Gasteiger partial charge in [-0.2, -0.15) is 0 Å². The number of aryl methyl sites for hydroxylation is 2.